The molecule has 0 aliphatic rings. The summed E-state index contributed by atoms with van der Waals surface area (Å²) in [5.74, 6) is 1.76. The molecule has 0 saturated heterocycles. The zero-order chi connectivity index (χ0) is 14.5. The molecule has 0 unspecified atom stereocenters. The number of ether oxygens (including phenoxy) is 1. The van der Waals surface area contributed by atoms with Gasteiger partial charge in [0.1, 0.15) is 11.4 Å². The molecule has 1 aromatic carbocycles. The molecule has 0 saturated carbocycles. The van der Waals surface area contributed by atoms with Crippen molar-refractivity contribution in [1.29, 1.82) is 0 Å². The van der Waals surface area contributed by atoms with Gasteiger partial charge in [0.15, 0.2) is 5.75 Å². The van der Waals surface area contributed by atoms with Gasteiger partial charge in [-0.05, 0) is 32.9 Å². The maximum absolute atomic E-state index is 6.10. The Morgan fingerprint density at radius 2 is 2.00 bits per heavy atom. The first kappa shape index (κ1) is 14.6. The highest BCUT2D eigenvalue weighted by Gasteiger charge is 2.13. The van der Waals surface area contributed by atoms with Gasteiger partial charge >= 0.3 is 0 Å². The third-order valence-corrected chi connectivity index (χ3v) is 3.37. The van der Waals surface area contributed by atoms with E-state index in [0.29, 0.717) is 0 Å². The minimum atomic E-state index is 0.822. The Bertz CT molecular complexity index is 575. The SMILES string of the molecule is CCCNCc1ccccc1Oc1c(C)nn(C)c1C. The van der Waals surface area contributed by atoms with Crippen LogP contribution in [-0.2, 0) is 13.6 Å². The number of nitrogens with zero attached hydrogens (tertiary/aromatic N) is 2. The van der Waals surface area contributed by atoms with Crippen molar-refractivity contribution in [3.8, 4) is 11.5 Å². The van der Waals surface area contributed by atoms with E-state index in [4.69, 9.17) is 4.74 Å². The van der Waals surface area contributed by atoms with E-state index in [1.54, 1.807) is 0 Å². The van der Waals surface area contributed by atoms with Crippen molar-refractivity contribution in [3.63, 3.8) is 0 Å². The number of benzene rings is 1. The molecular weight excluding hydrogens is 250 g/mol. The van der Waals surface area contributed by atoms with Crippen LogP contribution in [0.1, 0.15) is 30.3 Å². The summed E-state index contributed by atoms with van der Waals surface area (Å²) in [6.45, 7) is 7.99. The number of hydrogen-bond acceptors (Lipinski definition) is 3. The summed E-state index contributed by atoms with van der Waals surface area (Å²) >= 11 is 0. The molecular formula is C16H23N3O. The second-order valence-electron chi connectivity index (χ2n) is 5.01. The van der Waals surface area contributed by atoms with Gasteiger partial charge in [0.05, 0.1) is 5.69 Å². The minimum Gasteiger partial charge on any atom is -0.453 e. The lowest BCUT2D eigenvalue weighted by molar-refractivity contribution is 0.465. The van der Waals surface area contributed by atoms with E-state index < -0.39 is 0 Å². The van der Waals surface area contributed by atoms with Gasteiger partial charge in [-0.15, -0.1) is 0 Å². The predicted octanol–water partition coefficient (Wildman–Crippen LogP) is 3.33. The average molecular weight is 273 g/mol. The largest absolute Gasteiger partial charge is 0.453 e. The van der Waals surface area contributed by atoms with Gasteiger partial charge in [-0.3, -0.25) is 4.68 Å². The Balaban J connectivity index is 2.20. The summed E-state index contributed by atoms with van der Waals surface area (Å²) in [6.07, 6.45) is 1.13. The molecule has 0 radical (unpaired) electrons. The Labute approximate surface area is 120 Å². The molecule has 20 heavy (non-hydrogen) atoms. The Hall–Kier alpha value is -1.81. The highest BCUT2D eigenvalue weighted by molar-refractivity contribution is 5.41. The number of aryl methyl sites for hydroxylation is 2. The standard InChI is InChI=1S/C16H23N3O/c1-5-10-17-11-14-8-6-7-9-15(14)20-16-12(2)18-19(4)13(16)3/h6-9,17H,5,10-11H2,1-4H3. The molecule has 0 bridgehead atoms. The molecule has 4 heteroatoms. The average Bonchev–Trinajstić information content (AvgIpc) is 2.67. The Morgan fingerprint density at radius 3 is 2.65 bits per heavy atom. The van der Waals surface area contributed by atoms with Crippen LogP contribution in [-0.4, -0.2) is 16.3 Å². The maximum Gasteiger partial charge on any atom is 0.171 e. The van der Waals surface area contributed by atoms with E-state index in [1.165, 1.54) is 5.56 Å². The summed E-state index contributed by atoms with van der Waals surface area (Å²) in [6, 6.07) is 8.15. The fourth-order valence-electron chi connectivity index (χ4n) is 2.16. The zero-order valence-corrected chi connectivity index (χ0v) is 12.7. The normalized spacial score (nSPS) is 10.8. The predicted molar refractivity (Wildman–Crippen MR) is 81.2 cm³/mol. The van der Waals surface area contributed by atoms with Crippen LogP contribution in [0, 0.1) is 13.8 Å². The molecule has 2 rings (SSSR count). The third kappa shape index (κ3) is 3.20. The molecule has 0 aliphatic heterocycles. The van der Waals surface area contributed by atoms with E-state index in [9.17, 15) is 0 Å². The molecule has 4 nitrogen and oxygen atoms in total. The van der Waals surface area contributed by atoms with Crippen LogP contribution in [0.3, 0.4) is 0 Å². The fraction of sp³-hybridized carbons (Fsp3) is 0.438. The lowest BCUT2D eigenvalue weighted by Gasteiger charge is -2.12. The summed E-state index contributed by atoms with van der Waals surface area (Å²) in [4.78, 5) is 0. The molecule has 0 spiro atoms. The minimum absolute atomic E-state index is 0.822. The van der Waals surface area contributed by atoms with E-state index in [2.05, 4.69) is 23.4 Å². The van der Waals surface area contributed by atoms with Crippen molar-refractivity contribution < 1.29 is 4.74 Å². The van der Waals surface area contributed by atoms with Crippen LogP contribution in [0.5, 0.6) is 11.5 Å². The lowest BCUT2D eigenvalue weighted by atomic mass is 10.2. The topological polar surface area (TPSA) is 39.1 Å². The van der Waals surface area contributed by atoms with Gasteiger partial charge in [0, 0.05) is 19.2 Å². The summed E-state index contributed by atoms with van der Waals surface area (Å²) in [5.41, 5.74) is 3.13. The monoisotopic (exact) mass is 273 g/mol. The quantitative estimate of drug-likeness (QED) is 0.821. The molecule has 1 N–H and O–H groups in total. The number of hydrogen-bond donors (Lipinski definition) is 1. The molecule has 0 atom stereocenters. The van der Waals surface area contributed by atoms with Crippen LogP contribution >= 0.6 is 0 Å². The number of para-hydroxylation sites is 1. The Morgan fingerprint density at radius 1 is 1.25 bits per heavy atom. The van der Waals surface area contributed by atoms with Crippen LogP contribution in [0.4, 0.5) is 0 Å². The number of rotatable bonds is 6. The van der Waals surface area contributed by atoms with Gasteiger partial charge in [-0.25, -0.2) is 0 Å². The first-order chi connectivity index (χ1) is 9.63. The zero-order valence-electron chi connectivity index (χ0n) is 12.7. The summed E-state index contributed by atoms with van der Waals surface area (Å²) in [7, 11) is 1.93. The van der Waals surface area contributed by atoms with E-state index in [0.717, 1.165) is 42.4 Å². The van der Waals surface area contributed by atoms with E-state index in [1.807, 2.05) is 43.8 Å². The van der Waals surface area contributed by atoms with E-state index in [-0.39, 0.29) is 0 Å². The van der Waals surface area contributed by atoms with Gasteiger partial charge in [0.2, 0.25) is 0 Å². The molecule has 1 heterocycles. The van der Waals surface area contributed by atoms with Crippen molar-refractivity contribution in [1.82, 2.24) is 15.1 Å². The van der Waals surface area contributed by atoms with Gasteiger partial charge in [-0.1, -0.05) is 25.1 Å². The first-order valence-corrected chi connectivity index (χ1v) is 7.10. The van der Waals surface area contributed by atoms with Crippen molar-refractivity contribution in [2.45, 2.75) is 33.7 Å². The summed E-state index contributed by atoms with van der Waals surface area (Å²) in [5, 5.41) is 7.80. The smallest absolute Gasteiger partial charge is 0.171 e. The Kier molecular flexibility index (Phi) is 4.79. The lowest BCUT2D eigenvalue weighted by Crippen LogP contribution is -2.14. The van der Waals surface area contributed by atoms with Gasteiger partial charge < -0.3 is 10.1 Å². The molecule has 0 amide bonds. The van der Waals surface area contributed by atoms with Crippen LogP contribution < -0.4 is 10.1 Å². The van der Waals surface area contributed by atoms with Gasteiger partial charge in [-0.2, -0.15) is 5.10 Å². The van der Waals surface area contributed by atoms with Crippen LogP contribution in [0.25, 0.3) is 0 Å². The van der Waals surface area contributed by atoms with Crippen molar-refractivity contribution in [3.05, 3.63) is 41.2 Å². The maximum atomic E-state index is 6.10. The third-order valence-electron chi connectivity index (χ3n) is 3.37. The van der Waals surface area contributed by atoms with Crippen LogP contribution in [0.15, 0.2) is 24.3 Å². The van der Waals surface area contributed by atoms with Crippen molar-refractivity contribution >= 4 is 0 Å². The van der Waals surface area contributed by atoms with Gasteiger partial charge in [0.25, 0.3) is 0 Å². The highest BCUT2D eigenvalue weighted by atomic mass is 16.5. The van der Waals surface area contributed by atoms with Crippen LogP contribution in [0.2, 0.25) is 0 Å². The second-order valence-corrected chi connectivity index (χ2v) is 5.01. The first-order valence-electron chi connectivity index (χ1n) is 7.10. The molecule has 108 valence electrons. The molecule has 0 fully saturated rings. The molecule has 1 aromatic heterocycles. The van der Waals surface area contributed by atoms with Crippen molar-refractivity contribution in [2.24, 2.45) is 7.05 Å². The molecule has 0 aliphatic carbocycles. The highest BCUT2D eigenvalue weighted by Crippen LogP contribution is 2.30. The molecule has 2 aromatic rings. The second kappa shape index (κ2) is 6.57. The number of aromatic nitrogens is 2. The fourth-order valence-corrected chi connectivity index (χ4v) is 2.16. The van der Waals surface area contributed by atoms with E-state index >= 15 is 0 Å². The van der Waals surface area contributed by atoms with Crippen molar-refractivity contribution in [2.75, 3.05) is 6.54 Å². The number of nitrogens with one attached hydrogen (secondary N) is 1. The summed E-state index contributed by atoms with van der Waals surface area (Å²) < 4.78 is 7.95.